The number of rotatable bonds is 7. The number of aliphatic carboxylic acids is 2. The summed E-state index contributed by atoms with van der Waals surface area (Å²) in [5, 5.41) is 50.6. The maximum atomic E-state index is 12.5. The van der Waals surface area contributed by atoms with Crippen molar-refractivity contribution in [3.8, 4) is 16.9 Å². The molecule has 3 rings (SSSR count). The van der Waals surface area contributed by atoms with E-state index in [4.69, 9.17) is 26.2 Å². The zero-order chi connectivity index (χ0) is 24.3. The zero-order valence-corrected chi connectivity index (χ0v) is 17.4. The Morgan fingerprint density at radius 2 is 1.79 bits per heavy atom. The molecule has 1 aliphatic heterocycles. The highest BCUT2D eigenvalue weighted by molar-refractivity contribution is 6.30. The fourth-order valence-corrected chi connectivity index (χ4v) is 3.24. The Labute approximate surface area is 191 Å². The molecule has 0 spiro atoms. The monoisotopic (exact) mass is 482 g/mol. The number of nitrogens with one attached hydrogen (secondary N) is 1. The third kappa shape index (κ3) is 5.56. The van der Waals surface area contributed by atoms with E-state index in [0.29, 0.717) is 16.1 Å². The minimum atomic E-state index is -1.94. The first kappa shape index (κ1) is 24.4. The molecule has 1 amide bonds. The Morgan fingerprint density at radius 1 is 1.06 bits per heavy atom. The first-order valence-corrected chi connectivity index (χ1v) is 9.81. The average molecular weight is 483 g/mol. The summed E-state index contributed by atoms with van der Waals surface area (Å²) in [5.74, 6) is -4.18. The van der Waals surface area contributed by atoms with Gasteiger partial charge in [-0.3, -0.25) is 9.59 Å². The molecule has 13 heteroatoms. The molecule has 5 atom stereocenters. The quantitative estimate of drug-likeness (QED) is 0.297. The number of benzene rings is 1. The summed E-state index contributed by atoms with van der Waals surface area (Å²) in [6.07, 6.45) is -8.20. The van der Waals surface area contributed by atoms with Gasteiger partial charge in [0.1, 0.15) is 24.9 Å². The maximum absolute atomic E-state index is 12.5. The standard InChI is InChI=1S/C20H19ClN2O10/c21-10-3-1-2-8(4-10)9-5-11(13(22-6-9)18(29)23-7-12(24)25)32-20-16(28)14(26)15(27)17(33-20)19(30)31/h1-6,14-17,20,26-28H,7H2,(H,23,29)(H,24,25)(H,30,31)/t14-,15-,16?,17?,20+/m0/s1. The third-order valence-electron chi connectivity index (χ3n) is 4.68. The predicted molar refractivity (Wildman–Crippen MR) is 110 cm³/mol. The van der Waals surface area contributed by atoms with Gasteiger partial charge in [0, 0.05) is 16.8 Å². The van der Waals surface area contributed by atoms with Crippen LogP contribution in [0.15, 0.2) is 36.5 Å². The lowest BCUT2D eigenvalue weighted by atomic mass is 9.99. The molecule has 6 N–H and O–H groups in total. The summed E-state index contributed by atoms with van der Waals surface area (Å²) in [6.45, 7) is -0.718. The van der Waals surface area contributed by atoms with Crippen LogP contribution in [0.1, 0.15) is 10.5 Å². The van der Waals surface area contributed by atoms with Crippen LogP contribution >= 0.6 is 11.6 Å². The van der Waals surface area contributed by atoms with Gasteiger partial charge in [-0.25, -0.2) is 9.78 Å². The Morgan fingerprint density at radius 3 is 2.42 bits per heavy atom. The molecule has 33 heavy (non-hydrogen) atoms. The second kappa shape index (κ2) is 10.1. The van der Waals surface area contributed by atoms with E-state index >= 15 is 0 Å². The zero-order valence-electron chi connectivity index (χ0n) is 16.7. The van der Waals surface area contributed by atoms with Crippen molar-refractivity contribution < 1.29 is 49.4 Å². The molecule has 1 aliphatic rings. The van der Waals surface area contributed by atoms with Crippen LogP contribution in [-0.4, -0.2) is 85.6 Å². The van der Waals surface area contributed by atoms with E-state index in [0.717, 1.165) is 0 Å². The lowest BCUT2D eigenvalue weighted by Gasteiger charge is -2.38. The first-order chi connectivity index (χ1) is 15.6. The van der Waals surface area contributed by atoms with Gasteiger partial charge in [-0.05, 0) is 23.8 Å². The predicted octanol–water partition coefficient (Wildman–Crippen LogP) is -0.513. The molecule has 0 radical (unpaired) electrons. The Kier molecular flexibility index (Phi) is 7.46. The molecule has 1 aromatic carbocycles. The average Bonchev–Trinajstić information content (AvgIpc) is 2.77. The minimum absolute atomic E-state index is 0.313. The molecule has 0 saturated carbocycles. The van der Waals surface area contributed by atoms with E-state index in [9.17, 15) is 34.8 Å². The summed E-state index contributed by atoms with van der Waals surface area (Å²) >= 11 is 6.01. The fourth-order valence-electron chi connectivity index (χ4n) is 3.04. The molecule has 0 bridgehead atoms. The van der Waals surface area contributed by atoms with E-state index in [-0.39, 0.29) is 5.75 Å². The number of carboxylic acid groups (broad SMARTS) is 2. The molecule has 2 heterocycles. The maximum Gasteiger partial charge on any atom is 0.335 e. The molecular weight excluding hydrogens is 464 g/mol. The largest absolute Gasteiger partial charge is 0.480 e. The fraction of sp³-hybridized carbons (Fsp3) is 0.300. The second-order valence-corrected chi connectivity index (χ2v) is 7.45. The highest BCUT2D eigenvalue weighted by Gasteiger charge is 2.48. The van der Waals surface area contributed by atoms with Crippen LogP contribution in [0.4, 0.5) is 0 Å². The Balaban J connectivity index is 1.99. The third-order valence-corrected chi connectivity index (χ3v) is 4.92. The normalized spacial score (nSPS) is 24.7. The van der Waals surface area contributed by atoms with Gasteiger partial charge < -0.3 is 40.3 Å². The van der Waals surface area contributed by atoms with Gasteiger partial charge in [0.25, 0.3) is 5.91 Å². The van der Waals surface area contributed by atoms with Crippen molar-refractivity contribution in [1.82, 2.24) is 10.3 Å². The van der Waals surface area contributed by atoms with Crippen molar-refractivity contribution >= 4 is 29.4 Å². The minimum Gasteiger partial charge on any atom is -0.480 e. The molecule has 12 nitrogen and oxygen atoms in total. The van der Waals surface area contributed by atoms with Crippen LogP contribution in [0.25, 0.3) is 11.1 Å². The van der Waals surface area contributed by atoms with E-state index < -0.39 is 60.8 Å². The number of hydrogen-bond acceptors (Lipinski definition) is 9. The van der Waals surface area contributed by atoms with Crippen LogP contribution < -0.4 is 10.1 Å². The summed E-state index contributed by atoms with van der Waals surface area (Å²) in [7, 11) is 0. The van der Waals surface area contributed by atoms with E-state index in [1.54, 1.807) is 24.3 Å². The lowest BCUT2D eigenvalue weighted by molar-refractivity contribution is -0.271. The van der Waals surface area contributed by atoms with Gasteiger partial charge in [-0.2, -0.15) is 0 Å². The number of pyridine rings is 1. The number of halogens is 1. The summed E-state index contributed by atoms with van der Waals surface area (Å²) in [6, 6.07) is 7.89. The molecule has 1 aromatic heterocycles. The van der Waals surface area contributed by atoms with Crippen LogP contribution in [-0.2, 0) is 14.3 Å². The van der Waals surface area contributed by atoms with Gasteiger partial charge in [-0.1, -0.05) is 23.7 Å². The highest BCUT2D eigenvalue weighted by Crippen LogP contribution is 2.30. The van der Waals surface area contributed by atoms with E-state index in [2.05, 4.69) is 10.3 Å². The number of amides is 1. The van der Waals surface area contributed by atoms with Crippen LogP contribution in [0.5, 0.6) is 5.75 Å². The Hall–Kier alpha value is -3.29. The van der Waals surface area contributed by atoms with Gasteiger partial charge >= 0.3 is 11.9 Å². The van der Waals surface area contributed by atoms with E-state index in [1.807, 2.05) is 0 Å². The lowest BCUT2D eigenvalue weighted by Crippen LogP contribution is -2.61. The molecule has 1 saturated heterocycles. The summed E-state index contributed by atoms with van der Waals surface area (Å²) in [5.41, 5.74) is 0.578. The van der Waals surface area contributed by atoms with Crippen molar-refractivity contribution in [2.75, 3.05) is 6.54 Å². The summed E-state index contributed by atoms with van der Waals surface area (Å²) in [4.78, 5) is 38.6. The topological polar surface area (TPSA) is 196 Å². The summed E-state index contributed by atoms with van der Waals surface area (Å²) < 4.78 is 10.6. The highest BCUT2D eigenvalue weighted by atomic mass is 35.5. The van der Waals surface area contributed by atoms with Gasteiger partial charge in [0.05, 0.1) is 0 Å². The van der Waals surface area contributed by atoms with Crippen molar-refractivity contribution in [3.05, 3.63) is 47.2 Å². The second-order valence-electron chi connectivity index (χ2n) is 7.01. The SMILES string of the molecule is O=C(O)CNC(=O)c1ncc(-c2cccc(Cl)c2)cc1O[C@@H]1OC(C(=O)O)[C@@H](O)[C@H](O)C1O. The van der Waals surface area contributed by atoms with E-state index in [1.165, 1.54) is 12.3 Å². The number of carbonyl (C=O) groups is 3. The van der Waals surface area contributed by atoms with Crippen LogP contribution in [0, 0.1) is 0 Å². The Bertz CT molecular complexity index is 1060. The number of nitrogens with zero attached hydrogens (tertiary/aromatic N) is 1. The molecular formula is C20H19ClN2O10. The van der Waals surface area contributed by atoms with Gasteiger partial charge in [-0.15, -0.1) is 0 Å². The van der Waals surface area contributed by atoms with Crippen molar-refractivity contribution in [2.45, 2.75) is 30.7 Å². The van der Waals surface area contributed by atoms with Crippen LogP contribution in [0.3, 0.4) is 0 Å². The number of ether oxygens (including phenoxy) is 2. The number of aliphatic hydroxyl groups excluding tert-OH is 3. The van der Waals surface area contributed by atoms with Gasteiger partial charge in [0.2, 0.25) is 6.29 Å². The number of carboxylic acids is 2. The molecule has 2 aromatic rings. The molecule has 2 unspecified atom stereocenters. The first-order valence-electron chi connectivity index (χ1n) is 9.43. The number of aromatic nitrogens is 1. The number of carbonyl (C=O) groups excluding carboxylic acids is 1. The van der Waals surface area contributed by atoms with Crippen molar-refractivity contribution in [3.63, 3.8) is 0 Å². The number of aliphatic hydroxyl groups is 3. The molecule has 176 valence electrons. The van der Waals surface area contributed by atoms with Crippen molar-refractivity contribution in [1.29, 1.82) is 0 Å². The molecule has 1 fully saturated rings. The van der Waals surface area contributed by atoms with Crippen LogP contribution in [0.2, 0.25) is 5.02 Å². The number of hydrogen-bond donors (Lipinski definition) is 6. The smallest absolute Gasteiger partial charge is 0.335 e. The van der Waals surface area contributed by atoms with Crippen molar-refractivity contribution in [2.24, 2.45) is 0 Å². The molecule has 0 aliphatic carbocycles. The van der Waals surface area contributed by atoms with Gasteiger partial charge in [0.15, 0.2) is 17.5 Å².